The lowest BCUT2D eigenvalue weighted by Gasteiger charge is -2.03. The molecular formula is C14H14N2O2. The Kier molecular flexibility index (Phi) is 5.33. The van der Waals surface area contributed by atoms with Gasteiger partial charge in [-0.3, -0.25) is 9.59 Å². The van der Waals surface area contributed by atoms with Gasteiger partial charge in [0, 0.05) is 5.69 Å². The van der Waals surface area contributed by atoms with Gasteiger partial charge in [0.25, 0.3) is 0 Å². The minimum atomic E-state index is -0.310. The third-order valence-electron chi connectivity index (χ3n) is 2.12. The lowest BCUT2D eigenvalue weighted by Crippen LogP contribution is -2.14. The Morgan fingerprint density at radius 1 is 1.33 bits per heavy atom. The molecule has 0 saturated carbocycles. The summed E-state index contributed by atoms with van der Waals surface area (Å²) in [6.45, 7) is 1.38. The number of carbonyl (C=O) groups excluding carboxylic acids is 2. The number of hydrogen-bond acceptors (Lipinski definition) is 3. The van der Waals surface area contributed by atoms with E-state index in [1.807, 2.05) is 24.3 Å². The molecule has 18 heavy (non-hydrogen) atoms. The van der Waals surface area contributed by atoms with Crippen LogP contribution < -0.4 is 5.32 Å². The van der Waals surface area contributed by atoms with Crippen molar-refractivity contribution >= 4 is 23.5 Å². The average molecular weight is 242 g/mol. The summed E-state index contributed by atoms with van der Waals surface area (Å²) in [6.07, 6.45) is 3.87. The van der Waals surface area contributed by atoms with Crippen LogP contribution in [0.4, 0.5) is 5.69 Å². The number of anilines is 1. The van der Waals surface area contributed by atoms with Crippen molar-refractivity contribution in [1.82, 2.24) is 0 Å². The molecule has 1 amide bonds. The van der Waals surface area contributed by atoms with E-state index in [2.05, 4.69) is 5.32 Å². The molecule has 0 aromatic heterocycles. The molecule has 0 radical (unpaired) electrons. The van der Waals surface area contributed by atoms with Crippen LogP contribution in [-0.4, -0.2) is 11.7 Å². The molecular weight excluding hydrogens is 228 g/mol. The first-order valence-corrected chi connectivity index (χ1v) is 5.54. The van der Waals surface area contributed by atoms with Crippen LogP contribution in [0.5, 0.6) is 0 Å². The van der Waals surface area contributed by atoms with Crippen molar-refractivity contribution in [2.75, 3.05) is 5.32 Å². The molecule has 4 heteroatoms. The maximum atomic E-state index is 11.3. The average Bonchev–Trinajstić information content (AvgIpc) is 2.30. The van der Waals surface area contributed by atoms with Gasteiger partial charge in [0.2, 0.25) is 5.91 Å². The minimum absolute atomic E-state index is 0.107. The van der Waals surface area contributed by atoms with Gasteiger partial charge in [-0.2, -0.15) is 5.26 Å². The van der Waals surface area contributed by atoms with Gasteiger partial charge in [-0.05, 0) is 24.6 Å². The molecule has 0 unspecified atom stereocenters. The molecule has 0 heterocycles. The number of carbonyl (C=O) groups is 2. The van der Waals surface area contributed by atoms with Crippen molar-refractivity contribution in [3.8, 4) is 6.07 Å². The molecule has 0 spiro atoms. The Morgan fingerprint density at radius 2 is 2.00 bits per heavy atom. The second kappa shape index (κ2) is 7.02. The monoisotopic (exact) mass is 242 g/mol. The smallest absolute Gasteiger partial charge is 0.231 e. The molecule has 0 bridgehead atoms. The lowest BCUT2D eigenvalue weighted by atomic mass is 10.2. The van der Waals surface area contributed by atoms with Gasteiger partial charge in [0.05, 0.1) is 18.9 Å². The van der Waals surface area contributed by atoms with Gasteiger partial charge < -0.3 is 5.32 Å². The van der Waals surface area contributed by atoms with Crippen LogP contribution in [0.1, 0.15) is 25.3 Å². The fourth-order valence-electron chi connectivity index (χ4n) is 1.36. The van der Waals surface area contributed by atoms with Gasteiger partial charge in [-0.1, -0.05) is 24.3 Å². The minimum Gasteiger partial charge on any atom is -0.326 e. The summed E-state index contributed by atoms with van der Waals surface area (Å²) in [4.78, 5) is 22.1. The number of nitrogens with zero attached hydrogens (tertiary/aromatic N) is 1. The van der Waals surface area contributed by atoms with E-state index in [-0.39, 0.29) is 18.1 Å². The van der Waals surface area contributed by atoms with Crippen LogP contribution in [0, 0.1) is 11.3 Å². The summed E-state index contributed by atoms with van der Waals surface area (Å²) in [5, 5.41) is 11.0. The second-order valence-electron chi connectivity index (χ2n) is 3.81. The largest absolute Gasteiger partial charge is 0.326 e. The zero-order valence-electron chi connectivity index (χ0n) is 10.1. The molecule has 4 nitrogen and oxygen atoms in total. The number of amides is 1. The molecule has 1 rings (SSSR count). The van der Waals surface area contributed by atoms with Crippen molar-refractivity contribution < 1.29 is 9.59 Å². The van der Waals surface area contributed by atoms with E-state index in [0.717, 1.165) is 5.56 Å². The van der Waals surface area contributed by atoms with Gasteiger partial charge >= 0.3 is 0 Å². The molecule has 1 N–H and O–H groups in total. The molecule has 0 aliphatic carbocycles. The topological polar surface area (TPSA) is 70.0 Å². The van der Waals surface area contributed by atoms with Crippen LogP contribution in [0.2, 0.25) is 0 Å². The summed E-state index contributed by atoms with van der Waals surface area (Å²) < 4.78 is 0. The SMILES string of the molecule is CC(=O)CC(=O)Nc1ccc(C=CCC#N)cc1. The summed E-state index contributed by atoms with van der Waals surface area (Å²) in [5.74, 6) is -0.473. The van der Waals surface area contributed by atoms with E-state index < -0.39 is 0 Å². The first-order chi connectivity index (χ1) is 8.61. The number of benzene rings is 1. The summed E-state index contributed by atoms with van der Waals surface area (Å²) in [5.41, 5.74) is 1.61. The summed E-state index contributed by atoms with van der Waals surface area (Å²) in [6, 6.07) is 9.19. The highest BCUT2D eigenvalue weighted by Gasteiger charge is 2.04. The van der Waals surface area contributed by atoms with Gasteiger partial charge in [0.15, 0.2) is 0 Å². The summed E-state index contributed by atoms with van der Waals surface area (Å²) >= 11 is 0. The van der Waals surface area contributed by atoms with Crippen molar-refractivity contribution in [3.63, 3.8) is 0 Å². The molecule has 1 aromatic rings. The number of Topliss-reactive ketones (excluding diaryl/α,β-unsaturated/α-hetero) is 1. The van der Waals surface area contributed by atoms with Crippen molar-refractivity contribution in [2.24, 2.45) is 0 Å². The predicted octanol–water partition coefficient (Wildman–Crippen LogP) is 2.53. The Balaban J connectivity index is 2.58. The third-order valence-corrected chi connectivity index (χ3v) is 2.12. The van der Waals surface area contributed by atoms with Gasteiger partial charge in [-0.15, -0.1) is 0 Å². The van der Waals surface area contributed by atoms with E-state index in [4.69, 9.17) is 5.26 Å². The molecule has 1 aromatic carbocycles. The molecule has 0 saturated heterocycles. The number of allylic oxidation sites excluding steroid dienone is 1. The number of ketones is 1. The van der Waals surface area contributed by atoms with Crippen LogP contribution in [0.15, 0.2) is 30.3 Å². The fourth-order valence-corrected chi connectivity index (χ4v) is 1.36. The molecule has 0 aliphatic heterocycles. The number of rotatable bonds is 5. The maximum absolute atomic E-state index is 11.3. The maximum Gasteiger partial charge on any atom is 0.231 e. The highest BCUT2D eigenvalue weighted by atomic mass is 16.2. The Bertz CT molecular complexity index is 496. The zero-order chi connectivity index (χ0) is 13.4. The molecule has 0 atom stereocenters. The Labute approximate surface area is 106 Å². The van der Waals surface area contributed by atoms with Crippen LogP contribution in [0.25, 0.3) is 6.08 Å². The van der Waals surface area contributed by atoms with Crippen molar-refractivity contribution in [2.45, 2.75) is 19.8 Å². The third kappa shape index (κ3) is 5.08. The molecule has 0 fully saturated rings. The quantitative estimate of drug-likeness (QED) is 0.806. The predicted molar refractivity (Wildman–Crippen MR) is 69.6 cm³/mol. The van der Waals surface area contributed by atoms with Gasteiger partial charge in [-0.25, -0.2) is 0 Å². The van der Waals surface area contributed by atoms with E-state index in [1.165, 1.54) is 6.92 Å². The summed E-state index contributed by atoms with van der Waals surface area (Å²) in [7, 11) is 0. The number of hydrogen-bond donors (Lipinski definition) is 1. The first kappa shape index (κ1) is 13.7. The van der Waals surface area contributed by atoms with E-state index in [9.17, 15) is 9.59 Å². The van der Waals surface area contributed by atoms with E-state index >= 15 is 0 Å². The van der Waals surface area contributed by atoms with Gasteiger partial charge in [0.1, 0.15) is 5.78 Å². The Hall–Kier alpha value is -2.41. The zero-order valence-corrected chi connectivity index (χ0v) is 10.1. The van der Waals surface area contributed by atoms with Crippen LogP contribution in [-0.2, 0) is 9.59 Å². The highest BCUT2D eigenvalue weighted by molar-refractivity contribution is 6.03. The molecule has 92 valence electrons. The van der Waals surface area contributed by atoms with Crippen molar-refractivity contribution in [3.05, 3.63) is 35.9 Å². The number of nitrogens with one attached hydrogen (secondary N) is 1. The van der Waals surface area contributed by atoms with Crippen LogP contribution in [0.3, 0.4) is 0 Å². The van der Waals surface area contributed by atoms with E-state index in [0.29, 0.717) is 12.1 Å². The lowest BCUT2D eigenvalue weighted by molar-refractivity contribution is -0.124. The molecule has 0 aliphatic rings. The fraction of sp³-hybridized carbons (Fsp3) is 0.214. The first-order valence-electron chi connectivity index (χ1n) is 5.54. The Morgan fingerprint density at radius 3 is 2.56 bits per heavy atom. The standard InChI is InChI=1S/C14H14N2O2/c1-11(17)10-14(18)16-13-7-5-12(6-8-13)4-2-3-9-15/h2,4-8H,3,10H2,1H3,(H,16,18). The van der Waals surface area contributed by atoms with E-state index in [1.54, 1.807) is 18.2 Å². The second-order valence-corrected chi connectivity index (χ2v) is 3.81. The number of nitriles is 1. The normalized spacial score (nSPS) is 10.0. The van der Waals surface area contributed by atoms with Crippen molar-refractivity contribution in [1.29, 1.82) is 5.26 Å². The highest BCUT2D eigenvalue weighted by Crippen LogP contribution is 2.11. The van der Waals surface area contributed by atoms with Crippen LogP contribution >= 0.6 is 0 Å².